The van der Waals surface area contributed by atoms with E-state index in [4.69, 9.17) is 16.3 Å². The maximum atomic E-state index is 11.7. The van der Waals surface area contributed by atoms with E-state index in [0.717, 1.165) is 5.56 Å². The molecule has 0 heterocycles. The van der Waals surface area contributed by atoms with Crippen LogP contribution in [-0.2, 0) is 11.4 Å². The number of hydrogen-bond donors (Lipinski definition) is 0. The van der Waals surface area contributed by atoms with Crippen molar-refractivity contribution < 1.29 is 14.3 Å². The zero-order valence-electron chi connectivity index (χ0n) is 10.4. The molecule has 1 amide bonds. The summed E-state index contributed by atoms with van der Waals surface area (Å²) in [6, 6.07) is 14.3. The molecule has 0 atom stereocenters. The van der Waals surface area contributed by atoms with Crippen LogP contribution in [0.25, 0.3) is 0 Å². The average molecular weight is 288 g/mol. The molecular weight excluding hydrogens is 278 g/mol. The first-order chi connectivity index (χ1) is 9.72. The van der Waals surface area contributed by atoms with E-state index in [9.17, 15) is 9.59 Å². The Balaban J connectivity index is 2.25. The van der Waals surface area contributed by atoms with Crippen LogP contribution in [0.1, 0.15) is 15.9 Å². The summed E-state index contributed by atoms with van der Waals surface area (Å²) in [5, 5.41) is 0.180. The fourth-order valence-electron chi connectivity index (χ4n) is 1.66. The second kappa shape index (κ2) is 6.66. The summed E-state index contributed by atoms with van der Waals surface area (Å²) >= 11 is 5.95. The van der Waals surface area contributed by atoms with Crippen molar-refractivity contribution in [2.24, 2.45) is 4.99 Å². The number of halogens is 1. The van der Waals surface area contributed by atoms with Crippen LogP contribution in [0.4, 0.5) is 0 Å². The van der Waals surface area contributed by atoms with E-state index in [2.05, 4.69) is 4.99 Å². The molecule has 0 aliphatic carbocycles. The summed E-state index contributed by atoms with van der Waals surface area (Å²) < 4.78 is 5.58. The maximum absolute atomic E-state index is 11.7. The van der Waals surface area contributed by atoms with Gasteiger partial charge in [-0.3, -0.25) is 4.79 Å². The monoisotopic (exact) mass is 287 g/mol. The van der Waals surface area contributed by atoms with Crippen LogP contribution in [-0.4, -0.2) is 12.0 Å². The number of carbonyl (C=O) groups is 1. The molecule has 4 nitrogen and oxygen atoms in total. The van der Waals surface area contributed by atoms with Gasteiger partial charge < -0.3 is 4.74 Å². The highest BCUT2D eigenvalue weighted by Gasteiger charge is 2.16. The molecule has 0 spiro atoms. The van der Waals surface area contributed by atoms with Gasteiger partial charge in [0.1, 0.15) is 17.9 Å². The van der Waals surface area contributed by atoms with Gasteiger partial charge in [-0.05, 0) is 17.7 Å². The first kappa shape index (κ1) is 14.0. The minimum absolute atomic E-state index is 0.0634. The Bertz CT molecular complexity index is 664. The van der Waals surface area contributed by atoms with E-state index in [1.807, 2.05) is 30.3 Å². The van der Waals surface area contributed by atoms with Crippen molar-refractivity contribution in [2.75, 3.05) is 0 Å². The molecule has 0 aliphatic heterocycles. The predicted molar refractivity (Wildman–Crippen MR) is 74.7 cm³/mol. The lowest BCUT2D eigenvalue weighted by Gasteiger charge is -2.10. The van der Waals surface area contributed by atoms with E-state index >= 15 is 0 Å². The summed E-state index contributed by atoms with van der Waals surface area (Å²) in [5.74, 6) is -0.487. The van der Waals surface area contributed by atoms with Gasteiger partial charge in [-0.15, -0.1) is 4.99 Å². The van der Waals surface area contributed by atoms with Gasteiger partial charge in [-0.2, -0.15) is 0 Å². The molecule has 100 valence electrons. The zero-order chi connectivity index (χ0) is 14.4. The van der Waals surface area contributed by atoms with Crippen molar-refractivity contribution in [3.05, 3.63) is 64.7 Å². The molecule has 20 heavy (non-hydrogen) atoms. The number of benzene rings is 2. The number of isocyanates is 1. The summed E-state index contributed by atoms with van der Waals surface area (Å²) in [6.07, 6.45) is 1.21. The van der Waals surface area contributed by atoms with Crippen molar-refractivity contribution in [3.8, 4) is 5.75 Å². The zero-order valence-corrected chi connectivity index (χ0v) is 11.1. The summed E-state index contributed by atoms with van der Waals surface area (Å²) in [7, 11) is 0. The van der Waals surface area contributed by atoms with Crippen LogP contribution in [0.5, 0.6) is 5.75 Å². The average Bonchev–Trinajstić information content (AvgIpc) is 2.46. The number of hydrogen-bond acceptors (Lipinski definition) is 3. The Morgan fingerprint density at radius 1 is 1.15 bits per heavy atom. The number of ether oxygens (including phenoxy) is 1. The van der Waals surface area contributed by atoms with Crippen LogP contribution in [0.3, 0.4) is 0 Å². The van der Waals surface area contributed by atoms with Crippen LogP contribution < -0.4 is 4.74 Å². The van der Waals surface area contributed by atoms with Crippen LogP contribution in [0, 0.1) is 0 Å². The van der Waals surface area contributed by atoms with Gasteiger partial charge in [0.25, 0.3) is 5.91 Å². The molecular formula is C15H10ClNO3. The standard InChI is InChI=1S/C15H10ClNO3/c16-12-7-4-8-13(14(12)15(19)17-10-18)20-9-11-5-2-1-3-6-11/h1-8H,9H2. The van der Waals surface area contributed by atoms with Crippen molar-refractivity contribution in [2.45, 2.75) is 6.61 Å². The topological polar surface area (TPSA) is 55.7 Å². The lowest BCUT2D eigenvalue weighted by Crippen LogP contribution is -2.03. The third kappa shape index (κ3) is 3.32. The largest absolute Gasteiger partial charge is 0.488 e. The Morgan fingerprint density at radius 2 is 1.90 bits per heavy atom. The normalized spacial score (nSPS) is 9.65. The van der Waals surface area contributed by atoms with E-state index in [1.54, 1.807) is 12.1 Å². The minimum atomic E-state index is -0.770. The molecule has 0 radical (unpaired) electrons. The Labute approximate surface area is 120 Å². The molecule has 0 aliphatic rings. The van der Waals surface area contributed by atoms with Gasteiger partial charge in [-0.1, -0.05) is 48.0 Å². The molecule has 0 N–H and O–H groups in total. The van der Waals surface area contributed by atoms with Crippen molar-refractivity contribution in [1.82, 2.24) is 0 Å². The van der Waals surface area contributed by atoms with Crippen molar-refractivity contribution in [1.29, 1.82) is 0 Å². The lowest BCUT2D eigenvalue weighted by molar-refractivity contribution is 0.0998. The van der Waals surface area contributed by atoms with Gasteiger partial charge >= 0.3 is 0 Å². The Kier molecular flexibility index (Phi) is 4.66. The van der Waals surface area contributed by atoms with Gasteiger partial charge in [0, 0.05) is 0 Å². The molecule has 0 saturated heterocycles. The van der Waals surface area contributed by atoms with E-state index in [-0.39, 0.29) is 22.9 Å². The molecule has 5 heteroatoms. The molecule has 2 aromatic rings. The summed E-state index contributed by atoms with van der Waals surface area (Å²) in [4.78, 5) is 25.0. The first-order valence-electron chi connectivity index (χ1n) is 5.80. The molecule has 0 unspecified atom stereocenters. The molecule has 0 saturated carbocycles. The number of amides is 1. The fourth-order valence-corrected chi connectivity index (χ4v) is 1.91. The second-order valence-electron chi connectivity index (χ2n) is 3.90. The molecule has 2 rings (SSSR count). The summed E-state index contributed by atoms with van der Waals surface area (Å²) in [6.45, 7) is 0.284. The summed E-state index contributed by atoms with van der Waals surface area (Å²) in [5.41, 5.74) is 1.01. The Morgan fingerprint density at radius 3 is 2.60 bits per heavy atom. The van der Waals surface area contributed by atoms with Crippen molar-refractivity contribution in [3.63, 3.8) is 0 Å². The number of rotatable bonds is 4. The van der Waals surface area contributed by atoms with Crippen LogP contribution in [0.2, 0.25) is 5.02 Å². The maximum Gasteiger partial charge on any atom is 0.293 e. The van der Waals surface area contributed by atoms with Crippen LogP contribution >= 0.6 is 11.6 Å². The number of nitrogens with zero attached hydrogens (tertiary/aromatic N) is 1. The molecule has 2 aromatic carbocycles. The lowest BCUT2D eigenvalue weighted by atomic mass is 10.2. The SMILES string of the molecule is O=C=NC(=O)c1c(Cl)cccc1OCc1ccccc1. The Hall–Kier alpha value is -2.42. The van der Waals surface area contributed by atoms with Crippen molar-refractivity contribution >= 4 is 23.6 Å². The van der Waals surface area contributed by atoms with Gasteiger partial charge in [0.15, 0.2) is 0 Å². The highest BCUT2D eigenvalue weighted by Crippen LogP contribution is 2.27. The van der Waals surface area contributed by atoms with E-state index in [1.165, 1.54) is 12.1 Å². The minimum Gasteiger partial charge on any atom is -0.488 e. The second-order valence-corrected chi connectivity index (χ2v) is 4.30. The van der Waals surface area contributed by atoms with Gasteiger partial charge in [0.05, 0.1) is 5.02 Å². The van der Waals surface area contributed by atoms with E-state index < -0.39 is 5.91 Å². The van der Waals surface area contributed by atoms with Gasteiger partial charge in [-0.25, -0.2) is 4.79 Å². The predicted octanol–water partition coefficient (Wildman–Crippen LogP) is 3.40. The highest BCUT2D eigenvalue weighted by atomic mass is 35.5. The fraction of sp³-hybridized carbons (Fsp3) is 0.0667. The third-order valence-corrected chi connectivity index (χ3v) is 2.89. The first-order valence-corrected chi connectivity index (χ1v) is 6.17. The smallest absolute Gasteiger partial charge is 0.293 e. The molecule has 0 aromatic heterocycles. The molecule has 0 bridgehead atoms. The highest BCUT2D eigenvalue weighted by molar-refractivity contribution is 6.34. The quantitative estimate of drug-likeness (QED) is 0.640. The molecule has 0 fully saturated rings. The van der Waals surface area contributed by atoms with Gasteiger partial charge in [0.2, 0.25) is 6.08 Å². The number of carbonyl (C=O) groups excluding carboxylic acids is 2. The van der Waals surface area contributed by atoms with Crippen LogP contribution in [0.15, 0.2) is 53.5 Å². The third-order valence-electron chi connectivity index (χ3n) is 2.57. The number of aliphatic imine (C=N–C) groups is 1. The van der Waals surface area contributed by atoms with E-state index in [0.29, 0.717) is 0 Å².